The first kappa shape index (κ1) is 14.0. The molecular formula is C10H15ClO4. The largest absolute Gasteiger partial charge is 0.463 e. The standard InChI is InChI=1S/C10H15ClO4/c1-4-7(9(12)14-5-2)8(11)10(13)15-6-3/h4-6H2,1-3H3/b8-7-. The molecule has 86 valence electrons. The summed E-state index contributed by atoms with van der Waals surface area (Å²) in [5.41, 5.74) is 0.150. The highest BCUT2D eigenvalue weighted by Gasteiger charge is 2.19. The Morgan fingerprint density at radius 1 is 1.00 bits per heavy atom. The van der Waals surface area contributed by atoms with Crippen molar-refractivity contribution in [1.29, 1.82) is 0 Å². The number of carbonyl (C=O) groups is 2. The third-order valence-corrected chi connectivity index (χ3v) is 1.98. The van der Waals surface area contributed by atoms with Crippen molar-refractivity contribution in [3.05, 3.63) is 10.6 Å². The molecule has 0 atom stereocenters. The minimum absolute atomic E-state index is 0.150. The molecule has 0 aromatic rings. The number of ether oxygens (including phenoxy) is 2. The zero-order chi connectivity index (χ0) is 11.8. The van der Waals surface area contributed by atoms with Crippen LogP contribution in [-0.2, 0) is 19.1 Å². The lowest BCUT2D eigenvalue weighted by atomic mass is 10.2. The van der Waals surface area contributed by atoms with Crippen LogP contribution in [0.5, 0.6) is 0 Å². The summed E-state index contributed by atoms with van der Waals surface area (Å²) < 4.78 is 9.43. The van der Waals surface area contributed by atoms with Gasteiger partial charge in [0.05, 0.1) is 18.8 Å². The Labute approximate surface area is 94.2 Å². The fourth-order valence-corrected chi connectivity index (χ4v) is 1.19. The third kappa shape index (κ3) is 4.34. The van der Waals surface area contributed by atoms with Crippen molar-refractivity contribution in [2.45, 2.75) is 27.2 Å². The summed E-state index contributed by atoms with van der Waals surface area (Å²) in [4.78, 5) is 22.6. The molecule has 4 nitrogen and oxygen atoms in total. The molecule has 0 spiro atoms. The second-order valence-corrected chi connectivity index (χ2v) is 2.96. The zero-order valence-electron chi connectivity index (χ0n) is 9.13. The maximum Gasteiger partial charge on any atom is 0.350 e. The van der Waals surface area contributed by atoms with Crippen LogP contribution in [0.15, 0.2) is 10.6 Å². The van der Waals surface area contributed by atoms with Crippen molar-refractivity contribution in [2.75, 3.05) is 13.2 Å². The highest BCUT2D eigenvalue weighted by Crippen LogP contribution is 2.16. The summed E-state index contributed by atoms with van der Waals surface area (Å²) in [5.74, 6) is -1.26. The van der Waals surface area contributed by atoms with E-state index in [0.717, 1.165) is 0 Å². The van der Waals surface area contributed by atoms with Gasteiger partial charge in [0.1, 0.15) is 5.03 Å². The SMILES string of the molecule is CCOC(=O)/C(Cl)=C(\CC)C(=O)OCC. The first-order valence-corrected chi connectivity index (χ1v) is 5.19. The van der Waals surface area contributed by atoms with E-state index in [2.05, 4.69) is 4.74 Å². The van der Waals surface area contributed by atoms with Crippen LogP contribution in [0.3, 0.4) is 0 Å². The first-order valence-electron chi connectivity index (χ1n) is 4.81. The van der Waals surface area contributed by atoms with E-state index in [0.29, 0.717) is 6.42 Å². The van der Waals surface area contributed by atoms with Crippen molar-refractivity contribution in [3.8, 4) is 0 Å². The van der Waals surface area contributed by atoms with E-state index in [9.17, 15) is 9.59 Å². The summed E-state index contributed by atoms with van der Waals surface area (Å²) in [6.07, 6.45) is 0.330. The van der Waals surface area contributed by atoms with Gasteiger partial charge in [0.15, 0.2) is 0 Å². The molecule has 0 aliphatic carbocycles. The Kier molecular flexibility index (Phi) is 6.79. The van der Waals surface area contributed by atoms with Crippen LogP contribution < -0.4 is 0 Å². The third-order valence-electron chi connectivity index (χ3n) is 1.59. The summed E-state index contributed by atoms with van der Waals surface area (Å²) in [6, 6.07) is 0. The van der Waals surface area contributed by atoms with Crippen LogP contribution in [0.4, 0.5) is 0 Å². The second-order valence-electron chi connectivity index (χ2n) is 2.59. The Balaban J connectivity index is 4.80. The number of rotatable bonds is 5. The van der Waals surface area contributed by atoms with Crippen LogP contribution in [0.2, 0.25) is 0 Å². The highest BCUT2D eigenvalue weighted by molar-refractivity contribution is 6.43. The van der Waals surface area contributed by atoms with E-state index in [-0.39, 0.29) is 23.8 Å². The van der Waals surface area contributed by atoms with Gasteiger partial charge in [-0.15, -0.1) is 0 Å². The monoisotopic (exact) mass is 234 g/mol. The van der Waals surface area contributed by atoms with Gasteiger partial charge < -0.3 is 9.47 Å². The molecule has 0 aromatic heterocycles. The molecule has 0 radical (unpaired) electrons. The summed E-state index contributed by atoms with van der Waals surface area (Å²) in [6.45, 7) is 5.53. The Morgan fingerprint density at radius 3 is 1.87 bits per heavy atom. The van der Waals surface area contributed by atoms with Gasteiger partial charge in [-0.3, -0.25) is 0 Å². The lowest BCUT2D eigenvalue weighted by molar-refractivity contribution is -0.141. The van der Waals surface area contributed by atoms with Crippen molar-refractivity contribution in [3.63, 3.8) is 0 Å². The van der Waals surface area contributed by atoms with E-state index in [1.54, 1.807) is 20.8 Å². The fraction of sp³-hybridized carbons (Fsp3) is 0.600. The quantitative estimate of drug-likeness (QED) is 0.540. The minimum atomic E-state index is -0.691. The number of carbonyl (C=O) groups excluding carboxylic acids is 2. The van der Waals surface area contributed by atoms with Gasteiger partial charge >= 0.3 is 11.9 Å². The van der Waals surface area contributed by atoms with Gasteiger partial charge in [-0.2, -0.15) is 0 Å². The zero-order valence-corrected chi connectivity index (χ0v) is 9.89. The van der Waals surface area contributed by atoms with Gasteiger partial charge in [-0.05, 0) is 20.3 Å². The van der Waals surface area contributed by atoms with E-state index >= 15 is 0 Å². The fourth-order valence-electron chi connectivity index (χ4n) is 0.925. The summed E-state index contributed by atoms with van der Waals surface area (Å²) in [7, 11) is 0. The average molecular weight is 235 g/mol. The molecule has 0 saturated heterocycles. The molecule has 0 unspecified atom stereocenters. The molecule has 0 bridgehead atoms. The van der Waals surface area contributed by atoms with Crippen LogP contribution >= 0.6 is 11.6 Å². The van der Waals surface area contributed by atoms with Crippen LogP contribution in [0.25, 0.3) is 0 Å². The molecule has 0 amide bonds. The maximum absolute atomic E-state index is 11.4. The maximum atomic E-state index is 11.4. The van der Waals surface area contributed by atoms with Crippen LogP contribution in [-0.4, -0.2) is 25.2 Å². The van der Waals surface area contributed by atoms with E-state index in [1.165, 1.54) is 0 Å². The molecule has 0 aliphatic rings. The van der Waals surface area contributed by atoms with Gasteiger partial charge in [-0.1, -0.05) is 18.5 Å². The highest BCUT2D eigenvalue weighted by atomic mass is 35.5. The second kappa shape index (κ2) is 7.29. The van der Waals surface area contributed by atoms with Crippen LogP contribution in [0.1, 0.15) is 27.2 Å². The number of hydrogen-bond acceptors (Lipinski definition) is 4. The molecule has 0 saturated carbocycles. The van der Waals surface area contributed by atoms with Gasteiger partial charge in [-0.25, -0.2) is 9.59 Å². The Hall–Kier alpha value is -1.03. The smallest absolute Gasteiger partial charge is 0.350 e. The van der Waals surface area contributed by atoms with Gasteiger partial charge in [0.2, 0.25) is 0 Å². The van der Waals surface area contributed by atoms with Crippen molar-refractivity contribution < 1.29 is 19.1 Å². The van der Waals surface area contributed by atoms with Gasteiger partial charge in [0.25, 0.3) is 0 Å². The molecule has 0 aliphatic heterocycles. The van der Waals surface area contributed by atoms with Gasteiger partial charge in [0, 0.05) is 0 Å². The molecule has 0 aromatic carbocycles. The summed E-state index contributed by atoms with van der Waals surface area (Å²) in [5, 5.41) is -0.196. The number of esters is 2. The normalized spacial score (nSPS) is 11.7. The van der Waals surface area contributed by atoms with E-state index in [1.807, 2.05) is 0 Å². The lowest BCUT2D eigenvalue weighted by Crippen LogP contribution is -2.13. The number of halogens is 1. The first-order chi connectivity index (χ1) is 7.08. The van der Waals surface area contributed by atoms with Crippen LogP contribution in [0, 0.1) is 0 Å². The molecule has 15 heavy (non-hydrogen) atoms. The topological polar surface area (TPSA) is 52.6 Å². The van der Waals surface area contributed by atoms with E-state index < -0.39 is 11.9 Å². The lowest BCUT2D eigenvalue weighted by Gasteiger charge is -2.07. The Bertz CT molecular complexity index is 271. The molecule has 5 heteroatoms. The Morgan fingerprint density at radius 2 is 1.47 bits per heavy atom. The van der Waals surface area contributed by atoms with E-state index in [4.69, 9.17) is 16.3 Å². The molecule has 0 N–H and O–H groups in total. The summed E-state index contributed by atoms with van der Waals surface area (Å²) >= 11 is 5.71. The molecule has 0 fully saturated rings. The molecule has 0 rings (SSSR count). The predicted octanol–water partition coefficient (Wildman–Crippen LogP) is 2.02. The average Bonchev–Trinajstić information content (AvgIpc) is 2.19. The minimum Gasteiger partial charge on any atom is -0.463 e. The van der Waals surface area contributed by atoms with Crippen molar-refractivity contribution in [1.82, 2.24) is 0 Å². The number of hydrogen-bond donors (Lipinski definition) is 0. The molecule has 0 heterocycles. The predicted molar refractivity (Wildman–Crippen MR) is 56.4 cm³/mol. The van der Waals surface area contributed by atoms with Crippen molar-refractivity contribution in [2.24, 2.45) is 0 Å². The molecular weight excluding hydrogens is 220 g/mol. The van der Waals surface area contributed by atoms with Crippen molar-refractivity contribution >= 4 is 23.5 Å².